The van der Waals surface area contributed by atoms with E-state index < -0.39 is 9.84 Å². The molecule has 1 aromatic heterocycles. The van der Waals surface area contributed by atoms with E-state index in [0.29, 0.717) is 17.9 Å². The van der Waals surface area contributed by atoms with Crippen LogP contribution in [0.5, 0.6) is 0 Å². The number of rotatable bonds is 5. The lowest BCUT2D eigenvalue weighted by Gasteiger charge is -2.20. The minimum atomic E-state index is -3.61. The first-order valence-electron chi connectivity index (χ1n) is 10.7. The molecule has 8 heteroatoms. The summed E-state index contributed by atoms with van der Waals surface area (Å²) in [5.74, 6) is 0.478. The second-order valence-corrected chi connectivity index (χ2v) is 10.1. The largest absolute Gasteiger partial charge is 0.383 e. The summed E-state index contributed by atoms with van der Waals surface area (Å²) in [6.45, 7) is 0.581. The average Bonchev–Trinajstić information content (AvgIpc) is 2.83. The maximum atomic E-state index is 13.2. The Hall–Kier alpha value is -4.17. The highest BCUT2D eigenvalue weighted by molar-refractivity contribution is 7.91. The summed E-state index contributed by atoms with van der Waals surface area (Å²) in [6.07, 6.45) is 0. The first-order valence-corrected chi connectivity index (χ1v) is 12.2. The van der Waals surface area contributed by atoms with Crippen molar-refractivity contribution in [2.75, 3.05) is 23.4 Å². The molecule has 1 heterocycles. The molecule has 0 aliphatic carbocycles. The van der Waals surface area contributed by atoms with E-state index in [4.69, 9.17) is 11.5 Å². The van der Waals surface area contributed by atoms with E-state index in [9.17, 15) is 8.42 Å². The van der Waals surface area contributed by atoms with Gasteiger partial charge in [0.2, 0.25) is 15.8 Å². The van der Waals surface area contributed by atoms with E-state index in [2.05, 4.69) is 9.97 Å². The quantitative estimate of drug-likeness (QED) is 0.391. The van der Waals surface area contributed by atoms with Crippen molar-refractivity contribution in [3.8, 4) is 0 Å². The molecule has 0 aliphatic rings. The predicted octanol–water partition coefficient (Wildman–Crippen LogP) is 4.42. The Morgan fingerprint density at radius 2 is 1.50 bits per heavy atom. The highest BCUT2D eigenvalue weighted by atomic mass is 32.2. The van der Waals surface area contributed by atoms with E-state index >= 15 is 0 Å². The minimum Gasteiger partial charge on any atom is -0.383 e. The Balaban J connectivity index is 1.38. The van der Waals surface area contributed by atoms with Gasteiger partial charge in [-0.15, -0.1) is 0 Å². The van der Waals surface area contributed by atoms with Gasteiger partial charge in [-0.05, 0) is 58.8 Å². The van der Waals surface area contributed by atoms with Crippen molar-refractivity contribution < 1.29 is 8.42 Å². The second kappa shape index (κ2) is 8.31. The highest BCUT2D eigenvalue weighted by Gasteiger charge is 2.18. The Kier molecular flexibility index (Phi) is 5.30. The number of hydrogen-bond acceptors (Lipinski definition) is 7. The first-order chi connectivity index (χ1) is 16.3. The van der Waals surface area contributed by atoms with Crippen LogP contribution in [0.25, 0.3) is 21.7 Å². The zero-order valence-electron chi connectivity index (χ0n) is 18.5. The van der Waals surface area contributed by atoms with Crippen molar-refractivity contribution in [1.29, 1.82) is 0 Å². The van der Waals surface area contributed by atoms with Crippen molar-refractivity contribution in [2.24, 2.45) is 0 Å². The normalized spacial score (nSPS) is 11.7. The minimum absolute atomic E-state index is 0.143. The third-order valence-corrected chi connectivity index (χ3v) is 7.62. The van der Waals surface area contributed by atoms with E-state index in [1.165, 1.54) is 0 Å². The molecule has 0 aliphatic heterocycles. The smallest absolute Gasteiger partial charge is 0.222 e. The van der Waals surface area contributed by atoms with Gasteiger partial charge < -0.3 is 16.4 Å². The van der Waals surface area contributed by atoms with Gasteiger partial charge in [-0.1, -0.05) is 42.5 Å². The lowest BCUT2D eigenvalue weighted by atomic mass is 10.1. The van der Waals surface area contributed by atoms with Crippen LogP contribution >= 0.6 is 0 Å². The zero-order valence-corrected chi connectivity index (χ0v) is 19.3. The molecule has 0 radical (unpaired) electrons. The number of sulfone groups is 1. The molecular formula is C26H23N5O2S. The summed E-state index contributed by atoms with van der Waals surface area (Å²) < 4.78 is 26.3. The van der Waals surface area contributed by atoms with Gasteiger partial charge in [0, 0.05) is 24.7 Å². The summed E-state index contributed by atoms with van der Waals surface area (Å²) in [6, 6.07) is 25.6. The number of fused-ring (bicyclic) bond motifs is 2. The molecule has 4 aromatic carbocycles. The Labute approximate surface area is 197 Å². The van der Waals surface area contributed by atoms with Gasteiger partial charge in [-0.3, -0.25) is 0 Å². The number of nitrogen functional groups attached to an aromatic ring is 2. The molecule has 0 bridgehead atoms. The number of aromatic nitrogens is 2. The monoisotopic (exact) mass is 469 g/mol. The topological polar surface area (TPSA) is 115 Å². The van der Waals surface area contributed by atoms with Crippen molar-refractivity contribution in [3.05, 3.63) is 90.5 Å². The number of anilines is 3. The molecule has 0 spiro atoms. The van der Waals surface area contributed by atoms with E-state index in [1.807, 2.05) is 72.6 Å². The Bertz CT molecular complexity index is 1630. The van der Waals surface area contributed by atoms with Crippen LogP contribution in [0, 0.1) is 0 Å². The second-order valence-electron chi connectivity index (χ2n) is 8.18. The van der Waals surface area contributed by atoms with Crippen LogP contribution in [0.1, 0.15) is 5.56 Å². The SMILES string of the molecule is CN(Cc1ccc(S(=O)(=O)c2ccc3ccccc3c2)cc1)c1ccc2nc(N)nc(N)c2c1. The van der Waals surface area contributed by atoms with E-state index in [0.717, 1.165) is 27.4 Å². The molecular weight excluding hydrogens is 446 g/mol. The molecule has 170 valence electrons. The van der Waals surface area contributed by atoms with Crippen LogP contribution in [-0.4, -0.2) is 25.4 Å². The van der Waals surface area contributed by atoms with Crippen LogP contribution in [0.15, 0.2) is 94.7 Å². The van der Waals surface area contributed by atoms with Crippen LogP contribution in [-0.2, 0) is 16.4 Å². The summed E-state index contributed by atoms with van der Waals surface area (Å²) in [4.78, 5) is 10.8. The number of nitrogens with zero attached hydrogens (tertiary/aromatic N) is 3. The maximum absolute atomic E-state index is 13.2. The molecule has 0 atom stereocenters. The van der Waals surface area contributed by atoms with Crippen LogP contribution < -0.4 is 16.4 Å². The fourth-order valence-corrected chi connectivity index (χ4v) is 5.30. The van der Waals surface area contributed by atoms with Gasteiger partial charge in [0.1, 0.15) is 5.82 Å². The molecule has 0 saturated carbocycles. The standard InChI is InChI=1S/C26H23N5O2S/c1-31(20-9-13-24-23(15-20)25(27)30-26(28)29-24)16-17-6-10-21(11-7-17)34(32,33)22-12-8-18-4-2-3-5-19(18)14-22/h2-15H,16H2,1H3,(H4,27,28,29,30). The molecule has 34 heavy (non-hydrogen) atoms. The fourth-order valence-electron chi connectivity index (χ4n) is 4.01. The van der Waals surface area contributed by atoms with Crippen molar-refractivity contribution >= 4 is 49.0 Å². The zero-order chi connectivity index (χ0) is 23.9. The Morgan fingerprint density at radius 3 is 2.26 bits per heavy atom. The molecule has 0 amide bonds. The molecule has 5 aromatic rings. The van der Waals surface area contributed by atoms with E-state index in [-0.39, 0.29) is 15.7 Å². The Morgan fingerprint density at radius 1 is 0.794 bits per heavy atom. The lowest BCUT2D eigenvalue weighted by molar-refractivity contribution is 0.596. The third-order valence-electron chi connectivity index (χ3n) is 5.85. The van der Waals surface area contributed by atoms with Gasteiger partial charge in [-0.25, -0.2) is 13.4 Å². The molecule has 0 fully saturated rings. The highest BCUT2D eigenvalue weighted by Crippen LogP contribution is 2.27. The van der Waals surface area contributed by atoms with Gasteiger partial charge in [0.15, 0.2) is 0 Å². The van der Waals surface area contributed by atoms with Crippen LogP contribution in [0.2, 0.25) is 0 Å². The number of hydrogen-bond donors (Lipinski definition) is 2. The maximum Gasteiger partial charge on any atom is 0.222 e. The van der Waals surface area contributed by atoms with Crippen molar-refractivity contribution in [1.82, 2.24) is 9.97 Å². The summed E-state index contributed by atoms with van der Waals surface area (Å²) >= 11 is 0. The summed E-state index contributed by atoms with van der Waals surface area (Å²) in [5, 5.41) is 2.63. The lowest BCUT2D eigenvalue weighted by Crippen LogP contribution is -2.16. The molecule has 4 N–H and O–H groups in total. The molecule has 0 saturated heterocycles. The fraction of sp³-hybridized carbons (Fsp3) is 0.0769. The molecule has 5 rings (SSSR count). The summed E-state index contributed by atoms with van der Waals surface area (Å²) in [5.41, 5.74) is 14.3. The van der Waals surface area contributed by atoms with E-state index in [1.54, 1.807) is 24.3 Å². The average molecular weight is 470 g/mol. The van der Waals surface area contributed by atoms with Crippen LogP contribution in [0.4, 0.5) is 17.5 Å². The van der Waals surface area contributed by atoms with Gasteiger partial charge >= 0.3 is 0 Å². The number of nitrogens with two attached hydrogens (primary N) is 2. The molecule has 7 nitrogen and oxygen atoms in total. The van der Waals surface area contributed by atoms with Crippen molar-refractivity contribution in [3.63, 3.8) is 0 Å². The first kappa shape index (κ1) is 21.7. The van der Waals surface area contributed by atoms with Crippen molar-refractivity contribution in [2.45, 2.75) is 16.3 Å². The van der Waals surface area contributed by atoms with Gasteiger partial charge in [0.05, 0.1) is 15.3 Å². The summed E-state index contributed by atoms with van der Waals surface area (Å²) in [7, 11) is -1.66. The van der Waals surface area contributed by atoms with Crippen LogP contribution in [0.3, 0.4) is 0 Å². The predicted molar refractivity (Wildman–Crippen MR) is 136 cm³/mol. The third kappa shape index (κ3) is 3.99. The number of benzene rings is 4. The van der Waals surface area contributed by atoms with Gasteiger partial charge in [0.25, 0.3) is 0 Å². The molecule has 0 unspecified atom stereocenters. The van der Waals surface area contributed by atoms with Gasteiger partial charge in [-0.2, -0.15) is 4.98 Å².